The van der Waals surface area contributed by atoms with Gasteiger partial charge in [0.2, 0.25) is 11.8 Å². The summed E-state index contributed by atoms with van der Waals surface area (Å²) in [5.41, 5.74) is -0.387. The number of nitrogens with one attached hydrogen (secondary N) is 1. The lowest BCUT2D eigenvalue weighted by atomic mass is 9.53. The van der Waals surface area contributed by atoms with Gasteiger partial charge >= 0.3 is 6.18 Å². The molecule has 1 N–H and O–H groups in total. The van der Waals surface area contributed by atoms with Gasteiger partial charge in [-0.3, -0.25) is 24.1 Å². The smallest absolute Gasteiger partial charge is 0.348 e. The van der Waals surface area contributed by atoms with Crippen molar-refractivity contribution in [1.29, 1.82) is 0 Å². The third-order valence-electron chi connectivity index (χ3n) is 9.77. The Balaban J connectivity index is 1.22. The van der Waals surface area contributed by atoms with Gasteiger partial charge in [-0.15, -0.1) is 5.10 Å². The molecule has 2 aromatic carbocycles. The van der Waals surface area contributed by atoms with E-state index in [0.29, 0.717) is 23.3 Å². The van der Waals surface area contributed by atoms with Crippen LogP contribution in [0.15, 0.2) is 53.9 Å². The number of amides is 4. The standard InChI is InChI=1S/C32H30F3N5O4S/c33-32(34,35)22-7-5-18(6-8-22)15-39(26(41)16-40-29(43)23-3-1-2-4-24(23)30(40)44)27(25-17-45-38-37-25)28(42)36-31-12-19-9-20(13-31)11-21(10-19)14-31/h1-8,17,19-21,27H,9-16H2,(H,36,42)/t19?,20?,21?,27-,31?/m0/s1. The summed E-state index contributed by atoms with van der Waals surface area (Å²) >= 11 is 0.998. The summed E-state index contributed by atoms with van der Waals surface area (Å²) in [6, 6.07) is 9.27. The zero-order valence-corrected chi connectivity index (χ0v) is 24.9. The highest BCUT2D eigenvalue weighted by Crippen LogP contribution is 2.55. The van der Waals surface area contributed by atoms with Crippen molar-refractivity contribution in [3.8, 4) is 0 Å². The Bertz CT molecular complexity index is 1590. The van der Waals surface area contributed by atoms with Gasteiger partial charge in [0, 0.05) is 17.5 Å². The quantitative estimate of drug-likeness (QED) is 0.348. The van der Waals surface area contributed by atoms with E-state index in [1.165, 1.54) is 29.2 Å². The SMILES string of the molecule is O=C(NC12CC3CC(CC(C3)C1)C2)[C@H](c1csnn1)N(Cc1ccc(C(F)(F)F)cc1)C(=O)CN1C(=O)c2ccccc2C1=O. The summed E-state index contributed by atoms with van der Waals surface area (Å²) in [6.07, 6.45) is 1.50. The number of carbonyl (C=O) groups is 4. The molecule has 4 aliphatic carbocycles. The average molecular weight is 638 g/mol. The summed E-state index contributed by atoms with van der Waals surface area (Å²) in [5, 5.41) is 8.99. The molecule has 0 radical (unpaired) electrons. The zero-order chi connectivity index (χ0) is 31.5. The molecular weight excluding hydrogens is 607 g/mol. The second-order valence-electron chi connectivity index (χ2n) is 12.9. The molecule has 4 fully saturated rings. The van der Waals surface area contributed by atoms with Crippen molar-refractivity contribution >= 4 is 35.2 Å². The molecule has 45 heavy (non-hydrogen) atoms. The van der Waals surface area contributed by atoms with Crippen LogP contribution in [0, 0.1) is 17.8 Å². The number of hydrogen-bond acceptors (Lipinski definition) is 7. The van der Waals surface area contributed by atoms with Crippen molar-refractivity contribution in [2.45, 2.75) is 62.8 Å². The third kappa shape index (κ3) is 5.51. The van der Waals surface area contributed by atoms with Crippen LogP contribution in [-0.4, -0.2) is 55.1 Å². The Labute approximate surface area is 260 Å². The van der Waals surface area contributed by atoms with E-state index in [9.17, 15) is 32.3 Å². The molecule has 9 nitrogen and oxygen atoms in total. The Morgan fingerprint density at radius 2 is 1.53 bits per heavy atom. The number of carbonyl (C=O) groups excluding carboxylic acids is 4. The summed E-state index contributed by atoms with van der Waals surface area (Å²) < 4.78 is 43.8. The lowest BCUT2D eigenvalue weighted by Gasteiger charge is -2.57. The minimum absolute atomic E-state index is 0.171. The van der Waals surface area contributed by atoms with Gasteiger partial charge in [-0.25, -0.2) is 0 Å². The topological polar surface area (TPSA) is 113 Å². The third-order valence-corrected chi connectivity index (χ3v) is 10.3. The molecule has 4 saturated carbocycles. The molecule has 5 aliphatic rings. The van der Waals surface area contributed by atoms with Gasteiger partial charge in [0.15, 0.2) is 6.04 Å². The van der Waals surface area contributed by atoms with Gasteiger partial charge in [-0.05, 0) is 97.6 Å². The molecule has 0 spiro atoms. The molecule has 8 rings (SSSR count). The van der Waals surface area contributed by atoms with Crippen molar-refractivity contribution in [1.82, 2.24) is 24.7 Å². The van der Waals surface area contributed by atoms with E-state index in [4.69, 9.17) is 0 Å². The molecule has 0 saturated heterocycles. The van der Waals surface area contributed by atoms with Crippen LogP contribution in [0.2, 0.25) is 0 Å². The van der Waals surface area contributed by atoms with Crippen LogP contribution in [-0.2, 0) is 22.3 Å². The first-order chi connectivity index (χ1) is 21.5. The van der Waals surface area contributed by atoms with Crippen LogP contribution in [0.3, 0.4) is 0 Å². The van der Waals surface area contributed by atoms with Crippen LogP contribution < -0.4 is 5.32 Å². The van der Waals surface area contributed by atoms with E-state index in [1.54, 1.807) is 17.5 Å². The first kappa shape index (κ1) is 29.6. The number of hydrogen-bond donors (Lipinski definition) is 1. The summed E-state index contributed by atoms with van der Waals surface area (Å²) in [4.78, 5) is 56.8. The fourth-order valence-corrected chi connectivity index (χ4v) is 8.72. The maximum absolute atomic E-state index is 14.3. The Morgan fingerprint density at radius 3 is 2.04 bits per heavy atom. The van der Waals surface area contributed by atoms with E-state index in [0.717, 1.165) is 67.1 Å². The molecule has 4 bridgehead atoms. The lowest BCUT2D eigenvalue weighted by molar-refractivity contribution is -0.144. The molecule has 0 unspecified atom stereocenters. The summed E-state index contributed by atoms with van der Waals surface area (Å²) in [5.74, 6) is -0.860. The number of halogens is 3. The van der Waals surface area contributed by atoms with Crippen molar-refractivity contribution in [3.63, 3.8) is 0 Å². The highest BCUT2D eigenvalue weighted by Gasteiger charge is 2.52. The molecule has 1 aromatic heterocycles. The van der Waals surface area contributed by atoms with Crippen LogP contribution in [0.5, 0.6) is 0 Å². The predicted molar refractivity (Wildman–Crippen MR) is 155 cm³/mol. The molecule has 2 heterocycles. The minimum Gasteiger partial charge on any atom is -0.348 e. The highest BCUT2D eigenvalue weighted by atomic mass is 32.1. The Morgan fingerprint density at radius 1 is 0.956 bits per heavy atom. The van der Waals surface area contributed by atoms with Crippen molar-refractivity contribution in [2.24, 2.45) is 17.8 Å². The van der Waals surface area contributed by atoms with Gasteiger partial charge in [0.1, 0.15) is 12.2 Å². The van der Waals surface area contributed by atoms with Gasteiger partial charge < -0.3 is 10.2 Å². The largest absolute Gasteiger partial charge is 0.416 e. The number of fused-ring (bicyclic) bond motifs is 1. The molecule has 13 heteroatoms. The number of nitrogens with zero attached hydrogens (tertiary/aromatic N) is 4. The molecule has 4 amide bonds. The van der Waals surface area contributed by atoms with Crippen molar-refractivity contribution in [3.05, 3.63) is 81.9 Å². The van der Waals surface area contributed by atoms with E-state index in [1.807, 2.05) is 0 Å². The number of imide groups is 1. The maximum Gasteiger partial charge on any atom is 0.416 e. The van der Waals surface area contributed by atoms with Crippen LogP contribution in [0.25, 0.3) is 0 Å². The maximum atomic E-state index is 14.3. The van der Waals surface area contributed by atoms with E-state index in [2.05, 4.69) is 14.9 Å². The van der Waals surface area contributed by atoms with Crippen molar-refractivity contribution in [2.75, 3.05) is 6.54 Å². The fourth-order valence-electron chi connectivity index (χ4n) is 8.25. The molecular formula is C32H30F3N5O4S. The molecule has 1 aliphatic heterocycles. The van der Waals surface area contributed by atoms with Crippen LogP contribution >= 0.6 is 11.5 Å². The Kier molecular flexibility index (Phi) is 7.25. The zero-order valence-electron chi connectivity index (χ0n) is 24.1. The summed E-state index contributed by atoms with van der Waals surface area (Å²) in [6.45, 7) is -0.928. The monoisotopic (exact) mass is 637 g/mol. The first-order valence-corrected chi connectivity index (χ1v) is 15.8. The Hall–Kier alpha value is -4.13. The highest BCUT2D eigenvalue weighted by molar-refractivity contribution is 7.03. The van der Waals surface area contributed by atoms with Crippen molar-refractivity contribution < 1.29 is 32.3 Å². The molecule has 3 aromatic rings. The van der Waals surface area contributed by atoms with E-state index < -0.39 is 53.5 Å². The second-order valence-corrected chi connectivity index (χ2v) is 13.5. The molecule has 234 valence electrons. The predicted octanol–water partition coefficient (Wildman–Crippen LogP) is 5.01. The number of aromatic nitrogens is 2. The first-order valence-electron chi connectivity index (χ1n) is 15.0. The van der Waals surface area contributed by atoms with Crippen LogP contribution in [0.1, 0.15) is 82.1 Å². The lowest BCUT2D eigenvalue weighted by Crippen LogP contribution is -2.61. The summed E-state index contributed by atoms with van der Waals surface area (Å²) in [7, 11) is 0. The average Bonchev–Trinajstić information content (AvgIpc) is 3.59. The number of benzene rings is 2. The normalized spacial score (nSPS) is 25.8. The van der Waals surface area contributed by atoms with Gasteiger partial charge in [0.25, 0.3) is 11.8 Å². The van der Waals surface area contributed by atoms with Gasteiger partial charge in [-0.1, -0.05) is 28.8 Å². The van der Waals surface area contributed by atoms with Gasteiger partial charge in [-0.2, -0.15) is 13.2 Å². The van der Waals surface area contributed by atoms with E-state index >= 15 is 0 Å². The van der Waals surface area contributed by atoms with Crippen LogP contribution in [0.4, 0.5) is 13.2 Å². The minimum atomic E-state index is -4.55. The second kappa shape index (κ2) is 11.0. The fraction of sp³-hybridized carbons (Fsp3) is 0.438. The molecule has 1 atom stereocenters. The van der Waals surface area contributed by atoms with Gasteiger partial charge in [0.05, 0.1) is 16.7 Å². The number of alkyl halides is 3. The van der Waals surface area contributed by atoms with E-state index in [-0.39, 0.29) is 23.4 Å². The number of rotatable bonds is 8.